The van der Waals surface area contributed by atoms with Gasteiger partial charge in [0, 0.05) is 15.9 Å². The summed E-state index contributed by atoms with van der Waals surface area (Å²) in [4.78, 5) is 24.2. The molecule has 0 fully saturated rings. The number of fused-ring (bicyclic) bond motifs is 2. The van der Waals surface area contributed by atoms with Gasteiger partial charge in [0.2, 0.25) is 5.91 Å². The fourth-order valence-corrected chi connectivity index (χ4v) is 4.16. The van der Waals surface area contributed by atoms with Crippen molar-refractivity contribution in [1.29, 1.82) is 0 Å². The van der Waals surface area contributed by atoms with Crippen molar-refractivity contribution in [2.45, 2.75) is 18.5 Å². The molecule has 3 aromatic rings. The number of nitrogens with zero attached hydrogens (tertiary/aromatic N) is 1. The highest BCUT2D eigenvalue weighted by atomic mass is 35.5. The summed E-state index contributed by atoms with van der Waals surface area (Å²) in [5.74, 6) is -0.774. The lowest BCUT2D eigenvalue weighted by atomic mass is 10.1. The maximum atomic E-state index is 12.2. The Hall–Kier alpha value is -2.83. The maximum absolute atomic E-state index is 12.2. The number of rotatable bonds is 4. The molecule has 5 N–H and O–H groups in total. The number of hydrogen-bond donors (Lipinski definition) is 3. The topological polar surface area (TPSA) is 103 Å². The van der Waals surface area contributed by atoms with Crippen LogP contribution in [0.25, 0.3) is 10.9 Å². The molecule has 0 aliphatic heterocycles. The molecule has 0 radical (unpaired) electrons. The van der Waals surface area contributed by atoms with Gasteiger partial charge in [0.1, 0.15) is 5.69 Å². The first kappa shape index (κ1) is 17.6. The number of nitrogens with two attached hydrogens (primary N) is 2. The molecule has 2 amide bonds. The van der Waals surface area contributed by atoms with Crippen molar-refractivity contribution in [1.82, 2.24) is 9.88 Å². The van der Waals surface area contributed by atoms with Crippen LogP contribution in [0.4, 0.5) is 0 Å². The molecule has 2 aromatic carbocycles. The van der Waals surface area contributed by atoms with E-state index in [9.17, 15) is 9.59 Å². The molecular formula is C20H19ClN4O2. The predicted octanol–water partition coefficient (Wildman–Crippen LogP) is 2.31. The summed E-state index contributed by atoms with van der Waals surface area (Å²) in [6, 6.07) is 14.6. The molecule has 4 rings (SSSR count). The third-order valence-electron chi connectivity index (χ3n) is 5.09. The number of amides is 2. The number of nitrogens with one attached hydrogen (secondary N) is 1. The average molecular weight is 383 g/mol. The summed E-state index contributed by atoms with van der Waals surface area (Å²) in [6.07, 6.45) is 0.665. The molecule has 0 saturated carbocycles. The van der Waals surface area contributed by atoms with Crippen LogP contribution in [0.3, 0.4) is 0 Å². The van der Waals surface area contributed by atoms with Gasteiger partial charge in [0.25, 0.3) is 5.91 Å². The van der Waals surface area contributed by atoms with E-state index in [1.165, 1.54) is 0 Å². The van der Waals surface area contributed by atoms with Gasteiger partial charge in [-0.15, -0.1) is 0 Å². The van der Waals surface area contributed by atoms with Crippen molar-refractivity contribution in [3.05, 3.63) is 70.4 Å². The summed E-state index contributed by atoms with van der Waals surface area (Å²) in [6.45, 7) is -0.101. The SMILES string of the molecule is NCC(=O)NC1c2ccccc2CC1n1c(C(N)=O)cc2cc(Cl)ccc21. The van der Waals surface area contributed by atoms with Gasteiger partial charge in [-0.25, -0.2) is 0 Å². The molecular weight excluding hydrogens is 364 g/mol. The molecule has 138 valence electrons. The van der Waals surface area contributed by atoms with E-state index in [4.69, 9.17) is 23.1 Å². The molecule has 0 saturated heterocycles. The average Bonchev–Trinajstić information content (AvgIpc) is 3.19. The molecule has 2 unspecified atom stereocenters. The largest absolute Gasteiger partial charge is 0.364 e. The molecule has 1 heterocycles. The Labute approximate surface area is 161 Å². The minimum atomic E-state index is -0.526. The zero-order chi connectivity index (χ0) is 19.1. The predicted molar refractivity (Wildman–Crippen MR) is 105 cm³/mol. The van der Waals surface area contributed by atoms with Crippen molar-refractivity contribution < 1.29 is 9.59 Å². The van der Waals surface area contributed by atoms with E-state index in [1.54, 1.807) is 18.2 Å². The smallest absolute Gasteiger partial charge is 0.265 e. The molecule has 1 aliphatic carbocycles. The minimum Gasteiger partial charge on any atom is -0.364 e. The van der Waals surface area contributed by atoms with Crippen LogP contribution in [0, 0.1) is 0 Å². The van der Waals surface area contributed by atoms with Crippen LogP contribution in [0.2, 0.25) is 5.02 Å². The van der Waals surface area contributed by atoms with Gasteiger partial charge in [-0.3, -0.25) is 9.59 Å². The van der Waals surface area contributed by atoms with E-state index in [1.807, 2.05) is 34.9 Å². The highest BCUT2D eigenvalue weighted by Gasteiger charge is 2.36. The molecule has 0 spiro atoms. The monoisotopic (exact) mass is 382 g/mol. The van der Waals surface area contributed by atoms with E-state index in [0.29, 0.717) is 17.1 Å². The number of aromatic nitrogens is 1. The maximum Gasteiger partial charge on any atom is 0.265 e. The molecule has 6 nitrogen and oxygen atoms in total. The first-order valence-electron chi connectivity index (χ1n) is 8.67. The molecule has 7 heteroatoms. The van der Waals surface area contributed by atoms with Gasteiger partial charge in [-0.1, -0.05) is 35.9 Å². The second-order valence-electron chi connectivity index (χ2n) is 6.69. The van der Waals surface area contributed by atoms with Crippen LogP contribution < -0.4 is 16.8 Å². The third-order valence-corrected chi connectivity index (χ3v) is 5.33. The van der Waals surface area contributed by atoms with E-state index in [2.05, 4.69) is 5.32 Å². The Morgan fingerprint density at radius 2 is 1.96 bits per heavy atom. The van der Waals surface area contributed by atoms with E-state index >= 15 is 0 Å². The Kier molecular flexibility index (Phi) is 4.37. The molecule has 1 aliphatic rings. The van der Waals surface area contributed by atoms with E-state index in [-0.39, 0.29) is 24.5 Å². The number of carbonyl (C=O) groups is 2. The highest BCUT2D eigenvalue weighted by molar-refractivity contribution is 6.31. The van der Waals surface area contributed by atoms with Crippen LogP contribution in [0.5, 0.6) is 0 Å². The summed E-state index contributed by atoms with van der Waals surface area (Å²) in [5.41, 5.74) is 14.6. The Morgan fingerprint density at radius 1 is 1.19 bits per heavy atom. The summed E-state index contributed by atoms with van der Waals surface area (Å²) < 4.78 is 1.91. The van der Waals surface area contributed by atoms with Gasteiger partial charge in [-0.2, -0.15) is 0 Å². The molecule has 0 bridgehead atoms. The molecule has 1 aromatic heterocycles. The Bertz CT molecular complexity index is 1060. The number of carbonyl (C=O) groups excluding carboxylic acids is 2. The van der Waals surface area contributed by atoms with E-state index in [0.717, 1.165) is 22.0 Å². The van der Waals surface area contributed by atoms with Gasteiger partial charge >= 0.3 is 0 Å². The van der Waals surface area contributed by atoms with Crippen LogP contribution in [-0.2, 0) is 11.2 Å². The summed E-state index contributed by atoms with van der Waals surface area (Å²) in [7, 11) is 0. The van der Waals surface area contributed by atoms with Crippen molar-refractivity contribution in [2.24, 2.45) is 11.5 Å². The second-order valence-corrected chi connectivity index (χ2v) is 7.12. The Balaban J connectivity index is 1.90. The second kappa shape index (κ2) is 6.72. The first-order valence-corrected chi connectivity index (χ1v) is 9.05. The van der Waals surface area contributed by atoms with Crippen molar-refractivity contribution in [2.75, 3.05) is 6.54 Å². The van der Waals surface area contributed by atoms with Gasteiger partial charge in [-0.05, 0) is 41.8 Å². The van der Waals surface area contributed by atoms with Gasteiger partial charge < -0.3 is 21.4 Å². The quantitative estimate of drug-likeness (QED) is 0.645. The lowest BCUT2D eigenvalue weighted by molar-refractivity contribution is -0.120. The van der Waals surface area contributed by atoms with Crippen LogP contribution in [0.1, 0.15) is 33.7 Å². The lowest BCUT2D eigenvalue weighted by Crippen LogP contribution is -2.37. The molecule has 2 atom stereocenters. The van der Waals surface area contributed by atoms with E-state index < -0.39 is 5.91 Å². The zero-order valence-corrected chi connectivity index (χ0v) is 15.2. The normalized spacial score (nSPS) is 18.4. The number of halogens is 1. The zero-order valence-electron chi connectivity index (χ0n) is 14.5. The summed E-state index contributed by atoms with van der Waals surface area (Å²) >= 11 is 6.11. The number of benzene rings is 2. The van der Waals surface area contributed by atoms with Crippen molar-refractivity contribution >= 4 is 34.3 Å². The van der Waals surface area contributed by atoms with Crippen molar-refractivity contribution in [3.63, 3.8) is 0 Å². The fourth-order valence-electron chi connectivity index (χ4n) is 3.97. The highest BCUT2D eigenvalue weighted by Crippen LogP contribution is 2.42. The van der Waals surface area contributed by atoms with Gasteiger partial charge in [0.05, 0.1) is 18.6 Å². The fraction of sp³-hybridized carbons (Fsp3) is 0.200. The minimum absolute atomic E-state index is 0.101. The molecule has 27 heavy (non-hydrogen) atoms. The standard InChI is InChI=1S/C20H19ClN4O2/c21-13-5-6-15-12(7-13)9-17(20(23)27)25(15)16-8-11-3-1-2-4-14(11)19(16)24-18(26)10-22/h1-7,9,16,19H,8,10,22H2,(H2,23,27)(H,24,26). The Morgan fingerprint density at radius 3 is 2.70 bits per heavy atom. The van der Waals surface area contributed by atoms with Crippen LogP contribution in [-0.4, -0.2) is 22.9 Å². The van der Waals surface area contributed by atoms with Gasteiger partial charge in [0.15, 0.2) is 0 Å². The van der Waals surface area contributed by atoms with Crippen molar-refractivity contribution in [3.8, 4) is 0 Å². The number of hydrogen-bond acceptors (Lipinski definition) is 3. The number of primary amides is 1. The van der Waals surface area contributed by atoms with Crippen LogP contribution >= 0.6 is 11.6 Å². The van der Waals surface area contributed by atoms with Crippen LogP contribution in [0.15, 0.2) is 48.5 Å². The lowest BCUT2D eigenvalue weighted by Gasteiger charge is -2.25. The third kappa shape index (κ3) is 2.97. The summed E-state index contributed by atoms with van der Waals surface area (Å²) in [5, 5.41) is 4.41. The first-order chi connectivity index (χ1) is 13.0.